The molecule has 0 amide bonds. The van der Waals surface area contributed by atoms with Crippen molar-refractivity contribution in [1.29, 1.82) is 0 Å². The maximum atomic E-state index is 11.2. The van der Waals surface area contributed by atoms with E-state index in [4.69, 9.17) is 4.74 Å². The lowest BCUT2D eigenvalue weighted by atomic mass is 9.91. The van der Waals surface area contributed by atoms with Gasteiger partial charge in [0.2, 0.25) is 0 Å². The Morgan fingerprint density at radius 2 is 2.00 bits per heavy atom. The summed E-state index contributed by atoms with van der Waals surface area (Å²) >= 11 is 0. The van der Waals surface area contributed by atoms with Gasteiger partial charge in [0.25, 0.3) is 0 Å². The SMILES string of the molecule is COC(C(=O)O)C1CCN(Cc2cc(-c3ccccc3)nn2C)CC1. The van der Waals surface area contributed by atoms with Crippen LogP contribution in [0.5, 0.6) is 0 Å². The lowest BCUT2D eigenvalue weighted by Crippen LogP contribution is -2.41. The van der Waals surface area contributed by atoms with Crippen molar-refractivity contribution < 1.29 is 14.6 Å². The number of ether oxygens (including phenoxy) is 1. The monoisotopic (exact) mass is 343 g/mol. The van der Waals surface area contributed by atoms with E-state index in [2.05, 4.69) is 28.2 Å². The van der Waals surface area contributed by atoms with Gasteiger partial charge in [-0.3, -0.25) is 9.58 Å². The molecule has 1 aromatic heterocycles. The van der Waals surface area contributed by atoms with Crippen LogP contribution in [0.1, 0.15) is 18.5 Å². The van der Waals surface area contributed by atoms with Crippen LogP contribution in [0.25, 0.3) is 11.3 Å². The molecule has 134 valence electrons. The van der Waals surface area contributed by atoms with Gasteiger partial charge in [-0.2, -0.15) is 5.10 Å². The van der Waals surface area contributed by atoms with E-state index >= 15 is 0 Å². The van der Waals surface area contributed by atoms with Gasteiger partial charge in [-0.15, -0.1) is 0 Å². The molecular weight excluding hydrogens is 318 g/mol. The first-order valence-electron chi connectivity index (χ1n) is 8.64. The molecule has 1 aliphatic heterocycles. The third-order valence-electron chi connectivity index (χ3n) is 4.99. The van der Waals surface area contributed by atoms with Gasteiger partial charge in [-0.05, 0) is 37.9 Å². The Morgan fingerprint density at radius 1 is 1.32 bits per heavy atom. The fourth-order valence-electron chi connectivity index (χ4n) is 3.54. The minimum Gasteiger partial charge on any atom is -0.479 e. The molecule has 0 radical (unpaired) electrons. The molecule has 2 heterocycles. The molecule has 2 aromatic rings. The number of carboxylic acids is 1. The van der Waals surface area contributed by atoms with Crippen molar-refractivity contribution in [3.8, 4) is 11.3 Å². The van der Waals surface area contributed by atoms with Crippen molar-refractivity contribution in [3.63, 3.8) is 0 Å². The van der Waals surface area contributed by atoms with E-state index in [1.165, 1.54) is 12.8 Å². The highest BCUT2D eigenvalue weighted by molar-refractivity contribution is 5.72. The highest BCUT2D eigenvalue weighted by atomic mass is 16.5. The van der Waals surface area contributed by atoms with Crippen LogP contribution < -0.4 is 0 Å². The zero-order valence-electron chi connectivity index (χ0n) is 14.8. The molecule has 1 atom stereocenters. The van der Waals surface area contributed by atoms with Crippen LogP contribution in [-0.4, -0.2) is 52.1 Å². The summed E-state index contributed by atoms with van der Waals surface area (Å²) in [6.45, 7) is 2.58. The Balaban J connectivity index is 1.61. The van der Waals surface area contributed by atoms with Crippen LogP contribution in [0, 0.1) is 5.92 Å². The van der Waals surface area contributed by atoms with Gasteiger partial charge in [-0.1, -0.05) is 30.3 Å². The van der Waals surface area contributed by atoms with Crippen molar-refractivity contribution in [3.05, 3.63) is 42.1 Å². The number of aliphatic carboxylic acids is 1. The largest absolute Gasteiger partial charge is 0.479 e. The van der Waals surface area contributed by atoms with Gasteiger partial charge in [0.05, 0.1) is 11.4 Å². The number of nitrogens with zero attached hydrogens (tertiary/aromatic N) is 3. The van der Waals surface area contributed by atoms with Gasteiger partial charge < -0.3 is 9.84 Å². The second-order valence-corrected chi connectivity index (χ2v) is 6.62. The van der Waals surface area contributed by atoms with Crippen LogP contribution in [0.2, 0.25) is 0 Å². The standard InChI is InChI=1S/C19H25N3O3/c1-21-16(12-17(20-21)14-6-4-3-5-7-14)13-22-10-8-15(9-11-22)18(25-2)19(23)24/h3-7,12,15,18H,8-11,13H2,1-2H3,(H,23,24). The van der Waals surface area contributed by atoms with Crippen LogP contribution in [-0.2, 0) is 23.1 Å². The predicted octanol–water partition coefficient (Wildman–Crippen LogP) is 2.40. The predicted molar refractivity (Wildman–Crippen MR) is 95.1 cm³/mol. The van der Waals surface area contributed by atoms with E-state index in [0.29, 0.717) is 0 Å². The molecule has 0 bridgehead atoms. The first kappa shape index (κ1) is 17.6. The summed E-state index contributed by atoms with van der Waals surface area (Å²) in [6, 6.07) is 12.3. The Hall–Kier alpha value is -2.18. The molecule has 0 spiro atoms. The van der Waals surface area contributed by atoms with Crippen LogP contribution in [0.15, 0.2) is 36.4 Å². The Morgan fingerprint density at radius 3 is 2.60 bits per heavy atom. The summed E-state index contributed by atoms with van der Waals surface area (Å²) < 4.78 is 7.08. The van der Waals surface area contributed by atoms with E-state index < -0.39 is 12.1 Å². The molecule has 6 nitrogen and oxygen atoms in total. The van der Waals surface area contributed by atoms with Gasteiger partial charge >= 0.3 is 5.97 Å². The lowest BCUT2D eigenvalue weighted by molar-refractivity contribution is -0.153. The van der Waals surface area contributed by atoms with Gasteiger partial charge in [0.1, 0.15) is 0 Å². The fourth-order valence-corrected chi connectivity index (χ4v) is 3.54. The number of aromatic nitrogens is 2. The molecule has 0 saturated carbocycles. The average molecular weight is 343 g/mol. The van der Waals surface area contributed by atoms with Crippen molar-refractivity contribution in [1.82, 2.24) is 14.7 Å². The molecule has 1 saturated heterocycles. The summed E-state index contributed by atoms with van der Waals surface area (Å²) in [4.78, 5) is 13.6. The lowest BCUT2D eigenvalue weighted by Gasteiger charge is -2.33. The van der Waals surface area contributed by atoms with Gasteiger partial charge in [-0.25, -0.2) is 4.79 Å². The van der Waals surface area contributed by atoms with Crippen molar-refractivity contribution in [2.45, 2.75) is 25.5 Å². The number of aryl methyl sites for hydroxylation is 1. The average Bonchev–Trinajstić information content (AvgIpc) is 2.98. The summed E-state index contributed by atoms with van der Waals surface area (Å²) in [5, 5.41) is 13.8. The fraction of sp³-hybridized carbons (Fsp3) is 0.474. The number of rotatable bonds is 6. The summed E-state index contributed by atoms with van der Waals surface area (Å²) in [7, 11) is 3.45. The molecule has 25 heavy (non-hydrogen) atoms. The van der Waals surface area contributed by atoms with Crippen LogP contribution >= 0.6 is 0 Å². The third kappa shape index (κ3) is 4.08. The van der Waals surface area contributed by atoms with Gasteiger partial charge in [0, 0.05) is 26.3 Å². The summed E-state index contributed by atoms with van der Waals surface area (Å²) in [5.74, 6) is -0.773. The topological polar surface area (TPSA) is 67.6 Å². The second-order valence-electron chi connectivity index (χ2n) is 6.62. The van der Waals surface area contributed by atoms with Crippen molar-refractivity contribution >= 4 is 5.97 Å². The number of piperidine rings is 1. The third-order valence-corrected chi connectivity index (χ3v) is 4.99. The first-order chi connectivity index (χ1) is 12.1. The zero-order chi connectivity index (χ0) is 17.8. The number of hydrogen-bond acceptors (Lipinski definition) is 4. The number of hydrogen-bond donors (Lipinski definition) is 1. The van der Waals surface area contributed by atoms with Gasteiger partial charge in [0.15, 0.2) is 6.10 Å². The Kier molecular flexibility index (Phi) is 5.50. The first-order valence-corrected chi connectivity index (χ1v) is 8.64. The second kappa shape index (κ2) is 7.80. The van der Waals surface area contributed by atoms with E-state index in [1.54, 1.807) is 0 Å². The highest BCUT2D eigenvalue weighted by Gasteiger charge is 2.31. The quantitative estimate of drug-likeness (QED) is 0.872. The smallest absolute Gasteiger partial charge is 0.333 e. The van der Waals surface area contributed by atoms with Crippen LogP contribution in [0.4, 0.5) is 0 Å². The molecule has 3 rings (SSSR count). The van der Waals surface area contributed by atoms with Crippen molar-refractivity contribution in [2.75, 3.05) is 20.2 Å². The van der Waals surface area contributed by atoms with E-state index in [1.807, 2.05) is 29.9 Å². The van der Waals surface area contributed by atoms with Crippen LogP contribution in [0.3, 0.4) is 0 Å². The normalized spacial score (nSPS) is 17.5. The number of likely N-dealkylation sites (tertiary alicyclic amines) is 1. The number of methoxy groups -OCH3 is 1. The Labute approximate surface area is 148 Å². The summed E-state index contributed by atoms with van der Waals surface area (Å²) in [6.07, 6.45) is 0.992. The zero-order valence-corrected chi connectivity index (χ0v) is 14.8. The van der Waals surface area contributed by atoms with E-state index in [-0.39, 0.29) is 5.92 Å². The van der Waals surface area contributed by atoms with E-state index in [9.17, 15) is 9.90 Å². The highest BCUT2D eigenvalue weighted by Crippen LogP contribution is 2.25. The minimum absolute atomic E-state index is 0.0881. The number of carboxylic acid groups (broad SMARTS) is 1. The van der Waals surface area contributed by atoms with E-state index in [0.717, 1.165) is 43.7 Å². The maximum Gasteiger partial charge on any atom is 0.333 e. The number of benzene rings is 1. The molecule has 1 aliphatic rings. The molecule has 1 fully saturated rings. The number of carbonyl (C=O) groups is 1. The maximum absolute atomic E-state index is 11.2. The molecule has 1 unspecified atom stereocenters. The molecule has 6 heteroatoms. The minimum atomic E-state index is -0.861. The molecule has 0 aliphatic carbocycles. The van der Waals surface area contributed by atoms with Crippen molar-refractivity contribution in [2.24, 2.45) is 13.0 Å². The molecular formula is C19H25N3O3. The molecule has 1 N–H and O–H groups in total. The summed E-state index contributed by atoms with van der Waals surface area (Å²) in [5.41, 5.74) is 3.27. The Bertz CT molecular complexity index is 706. The molecule has 1 aromatic carbocycles.